The molecule has 1 aliphatic heterocycles. The number of nitrogens with one attached hydrogen (secondary N) is 1. The van der Waals surface area contributed by atoms with Crippen LogP contribution in [-0.4, -0.2) is 64.7 Å². The summed E-state index contributed by atoms with van der Waals surface area (Å²) in [6.07, 6.45) is 0. The number of carbonyl (C=O) groups excluding carboxylic acids is 2. The normalized spacial score (nSPS) is 14.9. The van der Waals surface area contributed by atoms with Crippen LogP contribution >= 0.6 is 45.9 Å². The molecule has 36 heavy (non-hydrogen) atoms. The van der Waals surface area contributed by atoms with Crippen LogP contribution in [0.4, 0.5) is 0 Å². The van der Waals surface area contributed by atoms with Gasteiger partial charge in [-0.05, 0) is 50.6 Å². The number of hydrazone groups is 1. The third-order valence-electron chi connectivity index (χ3n) is 6.03. The van der Waals surface area contributed by atoms with Crippen LogP contribution in [0.2, 0.25) is 10.0 Å². The van der Waals surface area contributed by atoms with Crippen molar-refractivity contribution in [3.8, 4) is 16.2 Å². The van der Waals surface area contributed by atoms with Crippen LogP contribution < -0.4 is 5.43 Å². The van der Waals surface area contributed by atoms with Crippen molar-refractivity contribution in [2.24, 2.45) is 5.10 Å². The average Bonchev–Trinajstić information content (AvgIpc) is 3.51. The molecule has 1 fully saturated rings. The molecule has 3 aromatic rings. The fourth-order valence-electron chi connectivity index (χ4n) is 3.87. The van der Waals surface area contributed by atoms with E-state index < -0.39 is 5.91 Å². The summed E-state index contributed by atoms with van der Waals surface area (Å²) in [4.78, 5) is 31.3. The molecule has 0 spiro atoms. The van der Waals surface area contributed by atoms with E-state index in [1.54, 1.807) is 42.6 Å². The molecule has 190 valence electrons. The molecule has 0 radical (unpaired) electrons. The predicted molar refractivity (Wildman–Crippen MR) is 148 cm³/mol. The summed E-state index contributed by atoms with van der Waals surface area (Å²) in [5.74, 6) is -0.418. The minimum atomic E-state index is -0.414. The Labute approximate surface area is 227 Å². The molecule has 1 aliphatic rings. The van der Waals surface area contributed by atoms with Gasteiger partial charge in [0.05, 0.1) is 36.0 Å². The number of halogens is 2. The van der Waals surface area contributed by atoms with Crippen molar-refractivity contribution in [2.75, 3.05) is 26.2 Å². The summed E-state index contributed by atoms with van der Waals surface area (Å²) < 4.78 is 0. The summed E-state index contributed by atoms with van der Waals surface area (Å²) in [5, 5.41) is 17.5. The van der Waals surface area contributed by atoms with Crippen molar-refractivity contribution in [3.63, 3.8) is 0 Å². The van der Waals surface area contributed by atoms with E-state index in [0.717, 1.165) is 30.0 Å². The van der Waals surface area contributed by atoms with E-state index >= 15 is 0 Å². The first-order chi connectivity index (χ1) is 17.2. The standard InChI is InChI=1S/C25H26Cl2N4O3S2/c1-14(2)30-8-10-31(11-9-30)25(34)21-7-6-20(36-21)24(33)29-28-15(3)17-13-35-23(22(17)32)16-4-5-18(26)19(27)12-16/h4-7,12-14,32H,8-11H2,1-3H3,(H,29,33). The molecule has 0 aliphatic carbocycles. The van der Waals surface area contributed by atoms with Gasteiger partial charge in [0.15, 0.2) is 0 Å². The number of aromatic hydroxyl groups is 1. The highest BCUT2D eigenvalue weighted by Gasteiger charge is 2.25. The molecule has 1 saturated heterocycles. The predicted octanol–water partition coefficient (Wildman–Crippen LogP) is 5.81. The highest BCUT2D eigenvalue weighted by molar-refractivity contribution is 7.16. The van der Waals surface area contributed by atoms with Gasteiger partial charge in [-0.2, -0.15) is 5.10 Å². The molecular formula is C25H26Cl2N4O3S2. The largest absolute Gasteiger partial charge is 0.506 e. The first kappa shape index (κ1) is 26.6. The maximum Gasteiger partial charge on any atom is 0.281 e. The second-order valence-corrected chi connectivity index (χ2v) is 11.5. The number of carbonyl (C=O) groups is 2. The molecule has 0 unspecified atom stereocenters. The van der Waals surface area contributed by atoms with E-state index in [1.807, 2.05) is 4.90 Å². The monoisotopic (exact) mass is 564 g/mol. The average molecular weight is 566 g/mol. The molecule has 3 heterocycles. The second kappa shape index (κ2) is 11.3. The lowest BCUT2D eigenvalue weighted by Gasteiger charge is -2.36. The number of rotatable bonds is 6. The van der Waals surface area contributed by atoms with Crippen molar-refractivity contribution in [1.29, 1.82) is 0 Å². The van der Waals surface area contributed by atoms with E-state index in [2.05, 4.69) is 29.3 Å². The van der Waals surface area contributed by atoms with Crippen LogP contribution in [0.15, 0.2) is 40.8 Å². The Bertz CT molecular complexity index is 1310. The van der Waals surface area contributed by atoms with E-state index in [0.29, 0.717) is 55.1 Å². The van der Waals surface area contributed by atoms with Crippen molar-refractivity contribution >= 4 is 63.4 Å². The van der Waals surface area contributed by atoms with E-state index in [1.165, 1.54) is 11.3 Å². The molecule has 11 heteroatoms. The summed E-state index contributed by atoms with van der Waals surface area (Å²) in [6, 6.07) is 8.91. The molecule has 2 aromatic heterocycles. The Hall–Kier alpha value is -2.43. The number of hydrogen-bond acceptors (Lipinski definition) is 7. The van der Waals surface area contributed by atoms with Gasteiger partial charge in [0.25, 0.3) is 11.8 Å². The molecular weight excluding hydrogens is 539 g/mol. The van der Waals surface area contributed by atoms with Crippen LogP contribution in [0, 0.1) is 0 Å². The number of hydrogen-bond donors (Lipinski definition) is 2. The maximum atomic E-state index is 12.9. The zero-order chi connectivity index (χ0) is 26.0. The van der Waals surface area contributed by atoms with Crippen molar-refractivity contribution in [3.05, 3.63) is 61.1 Å². The van der Waals surface area contributed by atoms with Crippen LogP contribution in [0.25, 0.3) is 10.4 Å². The van der Waals surface area contributed by atoms with Crippen molar-refractivity contribution in [2.45, 2.75) is 26.8 Å². The molecule has 2 N–H and O–H groups in total. The Morgan fingerprint density at radius 1 is 1.06 bits per heavy atom. The summed E-state index contributed by atoms with van der Waals surface area (Å²) in [5.41, 5.74) is 4.20. The lowest BCUT2D eigenvalue weighted by atomic mass is 10.1. The summed E-state index contributed by atoms with van der Waals surface area (Å²) >= 11 is 14.6. The summed E-state index contributed by atoms with van der Waals surface area (Å²) in [7, 11) is 0. The lowest BCUT2D eigenvalue weighted by molar-refractivity contribution is 0.0600. The Morgan fingerprint density at radius 3 is 2.42 bits per heavy atom. The van der Waals surface area contributed by atoms with Gasteiger partial charge in [-0.25, -0.2) is 5.43 Å². The molecule has 0 saturated carbocycles. The van der Waals surface area contributed by atoms with Crippen LogP contribution in [0.5, 0.6) is 5.75 Å². The third kappa shape index (κ3) is 5.76. The quantitative estimate of drug-likeness (QED) is 0.292. The number of thiophene rings is 2. The number of amides is 2. The highest BCUT2D eigenvalue weighted by atomic mass is 35.5. The second-order valence-electron chi connectivity index (χ2n) is 8.68. The van der Waals surface area contributed by atoms with E-state index in [9.17, 15) is 14.7 Å². The zero-order valence-corrected chi connectivity index (χ0v) is 23.2. The van der Waals surface area contributed by atoms with Gasteiger partial charge in [0, 0.05) is 37.6 Å². The smallest absolute Gasteiger partial charge is 0.281 e. The number of benzene rings is 1. The minimum Gasteiger partial charge on any atom is -0.506 e. The molecule has 7 nitrogen and oxygen atoms in total. The molecule has 2 amide bonds. The topological polar surface area (TPSA) is 85.2 Å². The van der Waals surface area contributed by atoms with Crippen LogP contribution in [-0.2, 0) is 0 Å². The first-order valence-electron chi connectivity index (χ1n) is 11.4. The van der Waals surface area contributed by atoms with E-state index in [4.69, 9.17) is 23.2 Å². The first-order valence-corrected chi connectivity index (χ1v) is 13.8. The lowest BCUT2D eigenvalue weighted by Crippen LogP contribution is -2.50. The minimum absolute atomic E-state index is 0.0514. The zero-order valence-electron chi connectivity index (χ0n) is 20.0. The van der Waals surface area contributed by atoms with Gasteiger partial charge in [-0.1, -0.05) is 29.3 Å². The van der Waals surface area contributed by atoms with Crippen LogP contribution in [0.1, 0.15) is 45.7 Å². The van der Waals surface area contributed by atoms with Gasteiger partial charge in [0.2, 0.25) is 0 Å². The Morgan fingerprint density at radius 2 is 1.75 bits per heavy atom. The fourth-order valence-corrected chi connectivity index (χ4v) is 6.04. The Kier molecular flexibility index (Phi) is 8.37. The Balaban J connectivity index is 1.40. The van der Waals surface area contributed by atoms with Crippen molar-refractivity contribution < 1.29 is 14.7 Å². The SMILES string of the molecule is CC(=NNC(=O)c1ccc(C(=O)N2CCN(C(C)C)CC2)s1)c1csc(-c2ccc(Cl)c(Cl)c2)c1O. The van der Waals surface area contributed by atoms with E-state index in [-0.39, 0.29) is 11.7 Å². The third-order valence-corrected chi connectivity index (χ3v) is 8.86. The van der Waals surface area contributed by atoms with Gasteiger partial charge in [-0.15, -0.1) is 22.7 Å². The van der Waals surface area contributed by atoms with Crippen molar-refractivity contribution in [1.82, 2.24) is 15.2 Å². The number of piperazine rings is 1. The van der Waals surface area contributed by atoms with Gasteiger partial charge >= 0.3 is 0 Å². The molecule has 4 rings (SSSR count). The molecule has 0 atom stereocenters. The van der Waals surface area contributed by atoms with Gasteiger partial charge in [0.1, 0.15) is 5.75 Å². The fraction of sp³-hybridized carbons (Fsp3) is 0.320. The maximum absolute atomic E-state index is 12.9. The number of nitrogens with zero attached hydrogens (tertiary/aromatic N) is 3. The highest BCUT2D eigenvalue weighted by Crippen LogP contribution is 2.40. The summed E-state index contributed by atoms with van der Waals surface area (Å²) in [6.45, 7) is 9.04. The molecule has 0 bridgehead atoms. The van der Waals surface area contributed by atoms with Gasteiger partial charge < -0.3 is 10.0 Å². The molecule has 1 aromatic carbocycles. The van der Waals surface area contributed by atoms with Crippen LogP contribution in [0.3, 0.4) is 0 Å². The van der Waals surface area contributed by atoms with Gasteiger partial charge in [-0.3, -0.25) is 14.5 Å².